The summed E-state index contributed by atoms with van der Waals surface area (Å²) < 4.78 is 5.18. The highest BCUT2D eigenvalue weighted by atomic mass is 16.5. The van der Waals surface area contributed by atoms with Crippen molar-refractivity contribution in [1.29, 1.82) is 5.41 Å². The zero-order valence-electron chi connectivity index (χ0n) is 10.5. The van der Waals surface area contributed by atoms with Gasteiger partial charge in [-0.05, 0) is 32.1 Å². The standard InChI is InChI=1S/C12H23NO2/c1-9(13)8-11(14)15-10(2)6-7-12(3,4)5/h10,13H,6-8H2,1-5H3. The van der Waals surface area contributed by atoms with Crippen LogP contribution in [0.3, 0.4) is 0 Å². The zero-order valence-corrected chi connectivity index (χ0v) is 10.5. The Balaban J connectivity index is 3.79. The van der Waals surface area contributed by atoms with Crippen LogP contribution >= 0.6 is 0 Å². The van der Waals surface area contributed by atoms with E-state index >= 15 is 0 Å². The Bertz CT molecular complexity index is 228. The highest BCUT2D eigenvalue weighted by molar-refractivity contribution is 5.95. The molecule has 0 heterocycles. The Kier molecular flexibility index (Phi) is 5.55. The molecule has 0 saturated heterocycles. The minimum Gasteiger partial charge on any atom is -0.462 e. The first kappa shape index (κ1) is 14.1. The fraction of sp³-hybridized carbons (Fsp3) is 0.833. The van der Waals surface area contributed by atoms with Crippen LogP contribution in [0.4, 0.5) is 0 Å². The lowest BCUT2D eigenvalue weighted by molar-refractivity contribution is -0.147. The molecule has 0 amide bonds. The van der Waals surface area contributed by atoms with Crippen molar-refractivity contribution in [3.8, 4) is 0 Å². The molecule has 1 unspecified atom stereocenters. The Labute approximate surface area is 92.7 Å². The maximum atomic E-state index is 11.2. The van der Waals surface area contributed by atoms with Crippen LogP contribution in [0.15, 0.2) is 0 Å². The first-order valence-electron chi connectivity index (χ1n) is 5.44. The van der Waals surface area contributed by atoms with E-state index in [1.165, 1.54) is 0 Å². The highest BCUT2D eigenvalue weighted by Crippen LogP contribution is 2.22. The Morgan fingerprint density at radius 1 is 1.40 bits per heavy atom. The summed E-state index contributed by atoms with van der Waals surface area (Å²) in [5.41, 5.74) is 0.626. The molecule has 88 valence electrons. The quantitative estimate of drug-likeness (QED) is 0.563. The SMILES string of the molecule is CC(=N)CC(=O)OC(C)CCC(C)(C)C. The van der Waals surface area contributed by atoms with Crippen LogP contribution in [-0.4, -0.2) is 17.8 Å². The number of carbonyl (C=O) groups excluding carboxylic acids is 1. The molecular weight excluding hydrogens is 190 g/mol. The van der Waals surface area contributed by atoms with Crippen molar-refractivity contribution in [3.63, 3.8) is 0 Å². The number of esters is 1. The van der Waals surface area contributed by atoms with Crippen molar-refractivity contribution in [1.82, 2.24) is 0 Å². The van der Waals surface area contributed by atoms with E-state index in [-0.39, 0.29) is 23.9 Å². The summed E-state index contributed by atoms with van der Waals surface area (Å²) >= 11 is 0. The molecule has 0 rings (SSSR count). The maximum Gasteiger partial charge on any atom is 0.311 e. The average molecular weight is 213 g/mol. The lowest BCUT2D eigenvalue weighted by Gasteiger charge is -2.21. The van der Waals surface area contributed by atoms with Gasteiger partial charge in [0.25, 0.3) is 0 Å². The van der Waals surface area contributed by atoms with Gasteiger partial charge in [0.15, 0.2) is 0 Å². The molecule has 0 saturated carbocycles. The molecule has 3 nitrogen and oxygen atoms in total. The average Bonchev–Trinajstić information content (AvgIpc) is 1.97. The summed E-state index contributed by atoms with van der Waals surface area (Å²) in [5.74, 6) is -0.288. The first-order chi connectivity index (χ1) is 6.70. The van der Waals surface area contributed by atoms with E-state index in [0.717, 1.165) is 12.8 Å². The van der Waals surface area contributed by atoms with Gasteiger partial charge in [0.2, 0.25) is 0 Å². The van der Waals surface area contributed by atoms with Gasteiger partial charge >= 0.3 is 5.97 Å². The maximum absolute atomic E-state index is 11.2. The van der Waals surface area contributed by atoms with Crippen LogP contribution in [0.5, 0.6) is 0 Å². The van der Waals surface area contributed by atoms with Crippen LogP contribution in [0.1, 0.15) is 53.9 Å². The van der Waals surface area contributed by atoms with Gasteiger partial charge in [-0.2, -0.15) is 0 Å². The molecule has 15 heavy (non-hydrogen) atoms. The second-order valence-electron chi connectivity index (χ2n) is 5.36. The van der Waals surface area contributed by atoms with Gasteiger partial charge in [0.1, 0.15) is 0 Å². The number of hydrogen-bond donors (Lipinski definition) is 1. The molecule has 1 N–H and O–H groups in total. The van der Waals surface area contributed by atoms with Crippen molar-refractivity contribution >= 4 is 11.7 Å². The monoisotopic (exact) mass is 213 g/mol. The number of ether oxygens (including phenoxy) is 1. The van der Waals surface area contributed by atoms with Gasteiger partial charge in [-0.1, -0.05) is 20.8 Å². The molecule has 0 fully saturated rings. The largest absolute Gasteiger partial charge is 0.462 e. The van der Waals surface area contributed by atoms with E-state index in [1.807, 2.05) is 6.92 Å². The number of nitrogens with one attached hydrogen (secondary N) is 1. The summed E-state index contributed by atoms with van der Waals surface area (Å²) in [7, 11) is 0. The molecule has 1 atom stereocenters. The lowest BCUT2D eigenvalue weighted by Crippen LogP contribution is -2.18. The van der Waals surface area contributed by atoms with Crippen molar-refractivity contribution in [2.75, 3.05) is 0 Å². The van der Waals surface area contributed by atoms with Crippen LogP contribution in [0.25, 0.3) is 0 Å². The molecular formula is C12H23NO2. The van der Waals surface area contributed by atoms with Crippen molar-refractivity contribution < 1.29 is 9.53 Å². The predicted molar refractivity (Wildman–Crippen MR) is 62.3 cm³/mol. The molecule has 0 aliphatic carbocycles. The molecule has 0 radical (unpaired) electrons. The lowest BCUT2D eigenvalue weighted by atomic mass is 9.89. The Hall–Kier alpha value is -0.860. The fourth-order valence-electron chi connectivity index (χ4n) is 1.18. The van der Waals surface area contributed by atoms with Gasteiger partial charge in [0.05, 0.1) is 12.5 Å². The van der Waals surface area contributed by atoms with E-state index in [9.17, 15) is 4.79 Å². The Morgan fingerprint density at radius 3 is 2.33 bits per heavy atom. The molecule has 0 aromatic rings. The Morgan fingerprint density at radius 2 is 1.93 bits per heavy atom. The molecule has 3 heteroatoms. The van der Waals surface area contributed by atoms with Crippen molar-refractivity contribution in [2.45, 2.75) is 60.0 Å². The van der Waals surface area contributed by atoms with E-state index in [2.05, 4.69) is 20.8 Å². The van der Waals surface area contributed by atoms with Gasteiger partial charge in [-0.25, -0.2) is 0 Å². The normalized spacial score (nSPS) is 13.4. The van der Waals surface area contributed by atoms with Crippen LogP contribution in [0, 0.1) is 10.8 Å². The fourth-order valence-corrected chi connectivity index (χ4v) is 1.18. The summed E-state index contributed by atoms with van der Waals surface area (Å²) in [5, 5.41) is 7.17. The number of hydrogen-bond acceptors (Lipinski definition) is 3. The van der Waals surface area contributed by atoms with Gasteiger partial charge in [0, 0.05) is 5.71 Å². The predicted octanol–water partition coefficient (Wildman–Crippen LogP) is 3.17. The van der Waals surface area contributed by atoms with E-state index in [1.54, 1.807) is 6.92 Å². The smallest absolute Gasteiger partial charge is 0.311 e. The minimum atomic E-state index is -0.288. The van der Waals surface area contributed by atoms with Crippen LogP contribution in [-0.2, 0) is 9.53 Å². The topological polar surface area (TPSA) is 50.2 Å². The van der Waals surface area contributed by atoms with Gasteiger partial charge < -0.3 is 10.1 Å². The van der Waals surface area contributed by atoms with E-state index in [4.69, 9.17) is 10.1 Å². The van der Waals surface area contributed by atoms with Gasteiger partial charge in [-0.15, -0.1) is 0 Å². The highest BCUT2D eigenvalue weighted by Gasteiger charge is 2.15. The van der Waals surface area contributed by atoms with Crippen LogP contribution in [0.2, 0.25) is 0 Å². The summed E-state index contributed by atoms with van der Waals surface area (Å²) in [6, 6.07) is 0. The number of rotatable bonds is 5. The summed E-state index contributed by atoms with van der Waals surface area (Å²) in [6.45, 7) is 10.0. The van der Waals surface area contributed by atoms with E-state index < -0.39 is 0 Å². The third-order valence-electron chi connectivity index (χ3n) is 2.04. The minimum absolute atomic E-state index is 0.0453. The van der Waals surface area contributed by atoms with Gasteiger partial charge in [-0.3, -0.25) is 4.79 Å². The summed E-state index contributed by atoms with van der Waals surface area (Å²) in [6.07, 6.45) is 1.98. The molecule has 0 aromatic heterocycles. The zero-order chi connectivity index (χ0) is 12.1. The van der Waals surface area contributed by atoms with Crippen LogP contribution < -0.4 is 0 Å². The number of carbonyl (C=O) groups is 1. The molecule has 0 aliphatic rings. The molecule has 0 aliphatic heterocycles. The molecule has 0 aromatic carbocycles. The summed E-state index contributed by atoms with van der Waals surface area (Å²) in [4.78, 5) is 11.2. The third-order valence-corrected chi connectivity index (χ3v) is 2.04. The molecule has 0 spiro atoms. The van der Waals surface area contributed by atoms with Crippen molar-refractivity contribution in [3.05, 3.63) is 0 Å². The first-order valence-corrected chi connectivity index (χ1v) is 5.44. The van der Waals surface area contributed by atoms with Crippen molar-refractivity contribution in [2.24, 2.45) is 5.41 Å². The second-order valence-corrected chi connectivity index (χ2v) is 5.36. The molecule has 0 bridgehead atoms. The third kappa shape index (κ3) is 9.44. The van der Waals surface area contributed by atoms with E-state index in [0.29, 0.717) is 5.71 Å². The second kappa shape index (κ2) is 5.89.